The molecular weight excluding hydrogens is 182 g/mol. The van der Waals surface area contributed by atoms with Crippen molar-refractivity contribution in [1.29, 1.82) is 0 Å². The SMILES string of the molecule is COc1cc(C)cc(C(N)=S)c1C. The summed E-state index contributed by atoms with van der Waals surface area (Å²) in [6.45, 7) is 3.94. The van der Waals surface area contributed by atoms with E-state index >= 15 is 0 Å². The number of methoxy groups -OCH3 is 1. The monoisotopic (exact) mass is 195 g/mol. The third-order valence-electron chi connectivity index (χ3n) is 1.99. The van der Waals surface area contributed by atoms with E-state index in [-0.39, 0.29) is 0 Å². The molecule has 0 amide bonds. The number of hydrogen-bond acceptors (Lipinski definition) is 2. The third-order valence-corrected chi connectivity index (χ3v) is 2.21. The number of hydrogen-bond donors (Lipinski definition) is 1. The van der Waals surface area contributed by atoms with E-state index in [2.05, 4.69) is 0 Å². The maximum atomic E-state index is 5.58. The lowest BCUT2D eigenvalue weighted by Crippen LogP contribution is -2.12. The summed E-state index contributed by atoms with van der Waals surface area (Å²) in [4.78, 5) is 0.416. The molecule has 0 bridgehead atoms. The molecule has 1 aromatic carbocycles. The minimum Gasteiger partial charge on any atom is -0.496 e. The highest BCUT2D eigenvalue weighted by molar-refractivity contribution is 7.80. The van der Waals surface area contributed by atoms with Gasteiger partial charge in [0, 0.05) is 11.1 Å². The van der Waals surface area contributed by atoms with Crippen LogP contribution in [0.5, 0.6) is 5.75 Å². The Hall–Kier alpha value is -1.09. The first-order valence-electron chi connectivity index (χ1n) is 4.01. The highest BCUT2D eigenvalue weighted by Gasteiger charge is 2.07. The number of benzene rings is 1. The summed E-state index contributed by atoms with van der Waals surface area (Å²) in [5.74, 6) is 0.836. The van der Waals surface area contributed by atoms with E-state index < -0.39 is 0 Å². The average Bonchev–Trinajstić information content (AvgIpc) is 2.08. The molecule has 0 spiro atoms. The molecule has 2 nitrogen and oxygen atoms in total. The van der Waals surface area contributed by atoms with Gasteiger partial charge in [0.05, 0.1) is 7.11 Å². The summed E-state index contributed by atoms with van der Waals surface area (Å²) in [6, 6.07) is 3.94. The van der Waals surface area contributed by atoms with Gasteiger partial charge in [-0.1, -0.05) is 12.2 Å². The fourth-order valence-electron chi connectivity index (χ4n) is 1.29. The summed E-state index contributed by atoms with van der Waals surface area (Å²) in [5, 5.41) is 0. The molecule has 1 aromatic rings. The van der Waals surface area contributed by atoms with Crippen molar-refractivity contribution in [2.75, 3.05) is 7.11 Å². The fraction of sp³-hybridized carbons (Fsp3) is 0.300. The Morgan fingerprint density at radius 1 is 1.38 bits per heavy atom. The standard InChI is InChI=1S/C10H13NOS/c1-6-4-8(10(11)13)7(2)9(5-6)12-3/h4-5H,1-3H3,(H2,11,13). The highest BCUT2D eigenvalue weighted by atomic mass is 32.1. The Morgan fingerprint density at radius 3 is 2.46 bits per heavy atom. The zero-order valence-electron chi connectivity index (χ0n) is 8.05. The van der Waals surface area contributed by atoms with Crippen molar-refractivity contribution in [3.05, 3.63) is 28.8 Å². The van der Waals surface area contributed by atoms with Crippen molar-refractivity contribution >= 4 is 17.2 Å². The predicted molar refractivity (Wildman–Crippen MR) is 58.4 cm³/mol. The maximum Gasteiger partial charge on any atom is 0.122 e. The molecule has 0 unspecified atom stereocenters. The van der Waals surface area contributed by atoms with Gasteiger partial charge >= 0.3 is 0 Å². The lowest BCUT2D eigenvalue weighted by Gasteiger charge is -2.10. The third kappa shape index (κ3) is 1.98. The van der Waals surface area contributed by atoms with Crippen LogP contribution in [-0.2, 0) is 0 Å². The zero-order valence-corrected chi connectivity index (χ0v) is 8.87. The summed E-state index contributed by atoms with van der Waals surface area (Å²) >= 11 is 4.94. The smallest absolute Gasteiger partial charge is 0.122 e. The van der Waals surface area contributed by atoms with Gasteiger partial charge in [-0.2, -0.15) is 0 Å². The lowest BCUT2D eigenvalue weighted by molar-refractivity contribution is 0.411. The van der Waals surface area contributed by atoms with Gasteiger partial charge in [0.25, 0.3) is 0 Å². The number of rotatable bonds is 2. The quantitative estimate of drug-likeness (QED) is 0.732. The molecule has 3 heteroatoms. The van der Waals surface area contributed by atoms with Gasteiger partial charge in [0.15, 0.2) is 0 Å². The molecule has 0 aromatic heterocycles. The van der Waals surface area contributed by atoms with Crippen LogP contribution in [0.25, 0.3) is 0 Å². The van der Waals surface area contributed by atoms with Crippen LogP contribution >= 0.6 is 12.2 Å². The van der Waals surface area contributed by atoms with Crippen molar-refractivity contribution in [3.63, 3.8) is 0 Å². The van der Waals surface area contributed by atoms with Crippen molar-refractivity contribution < 1.29 is 4.74 Å². The van der Waals surface area contributed by atoms with E-state index in [0.29, 0.717) is 4.99 Å². The van der Waals surface area contributed by atoms with E-state index in [1.807, 2.05) is 26.0 Å². The van der Waals surface area contributed by atoms with Crippen LogP contribution in [-0.4, -0.2) is 12.1 Å². The molecule has 0 atom stereocenters. The van der Waals surface area contributed by atoms with Crippen LogP contribution in [0.2, 0.25) is 0 Å². The number of aryl methyl sites for hydroxylation is 1. The van der Waals surface area contributed by atoms with Gasteiger partial charge in [0.2, 0.25) is 0 Å². The van der Waals surface area contributed by atoms with Crippen molar-refractivity contribution in [1.82, 2.24) is 0 Å². The fourth-order valence-corrected chi connectivity index (χ4v) is 1.51. The second-order valence-electron chi connectivity index (χ2n) is 3.00. The second kappa shape index (κ2) is 3.75. The van der Waals surface area contributed by atoms with E-state index in [9.17, 15) is 0 Å². The van der Waals surface area contributed by atoms with Gasteiger partial charge in [-0.25, -0.2) is 0 Å². The van der Waals surface area contributed by atoms with Gasteiger partial charge in [-0.3, -0.25) is 0 Å². The molecule has 0 aliphatic carbocycles. The lowest BCUT2D eigenvalue weighted by atomic mass is 10.0. The zero-order chi connectivity index (χ0) is 10.0. The molecule has 70 valence electrons. The predicted octanol–water partition coefficient (Wildman–Crippen LogP) is 1.95. The second-order valence-corrected chi connectivity index (χ2v) is 3.44. The Balaban J connectivity index is 3.35. The van der Waals surface area contributed by atoms with Crippen molar-refractivity contribution in [3.8, 4) is 5.75 Å². The summed E-state index contributed by atoms with van der Waals surface area (Å²) in [6.07, 6.45) is 0. The molecule has 0 saturated heterocycles. The minimum absolute atomic E-state index is 0.416. The van der Waals surface area contributed by atoms with Crippen LogP contribution in [0.15, 0.2) is 12.1 Å². The van der Waals surface area contributed by atoms with E-state index in [4.69, 9.17) is 22.7 Å². The summed E-state index contributed by atoms with van der Waals surface area (Å²) < 4.78 is 5.20. The molecule has 0 aliphatic heterocycles. The Labute approximate surface area is 83.7 Å². The molecular formula is C10H13NOS. The highest BCUT2D eigenvalue weighted by Crippen LogP contribution is 2.23. The maximum absolute atomic E-state index is 5.58. The topological polar surface area (TPSA) is 35.2 Å². The summed E-state index contributed by atoms with van der Waals surface area (Å²) in [5.41, 5.74) is 8.58. The number of thiocarbonyl (C=S) groups is 1. The molecule has 0 radical (unpaired) electrons. The molecule has 0 aliphatic rings. The molecule has 13 heavy (non-hydrogen) atoms. The van der Waals surface area contributed by atoms with Crippen molar-refractivity contribution in [2.24, 2.45) is 5.73 Å². The summed E-state index contributed by atoms with van der Waals surface area (Å²) in [7, 11) is 1.64. The largest absolute Gasteiger partial charge is 0.496 e. The van der Waals surface area contributed by atoms with Gasteiger partial charge in [0.1, 0.15) is 10.7 Å². The first-order chi connectivity index (χ1) is 6.06. The average molecular weight is 195 g/mol. The number of nitrogens with two attached hydrogens (primary N) is 1. The van der Waals surface area contributed by atoms with Crippen LogP contribution in [0.3, 0.4) is 0 Å². The van der Waals surface area contributed by atoms with Gasteiger partial charge < -0.3 is 10.5 Å². The van der Waals surface area contributed by atoms with Crippen LogP contribution in [0, 0.1) is 13.8 Å². The molecule has 1 rings (SSSR count). The minimum atomic E-state index is 0.416. The van der Waals surface area contributed by atoms with Gasteiger partial charge in [-0.05, 0) is 31.5 Å². The van der Waals surface area contributed by atoms with Gasteiger partial charge in [-0.15, -0.1) is 0 Å². The number of ether oxygens (including phenoxy) is 1. The first kappa shape index (κ1) is 9.99. The van der Waals surface area contributed by atoms with E-state index in [1.165, 1.54) is 0 Å². The normalized spacial score (nSPS) is 9.77. The molecule has 0 fully saturated rings. The van der Waals surface area contributed by atoms with Crippen molar-refractivity contribution in [2.45, 2.75) is 13.8 Å². The Morgan fingerprint density at radius 2 is 2.00 bits per heavy atom. The molecule has 0 saturated carbocycles. The first-order valence-corrected chi connectivity index (χ1v) is 4.42. The van der Waals surface area contributed by atoms with Crippen LogP contribution < -0.4 is 10.5 Å². The van der Waals surface area contributed by atoms with Crippen LogP contribution in [0.4, 0.5) is 0 Å². The van der Waals surface area contributed by atoms with E-state index in [0.717, 1.165) is 22.4 Å². The van der Waals surface area contributed by atoms with E-state index in [1.54, 1.807) is 7.11 Å². The molecule has 0 heterocycles. The molecule has 2 N–H and O–H groups in total. The Kier molecular flexibility index (Phi) is 2.88. The Bertz CT molecular complexity index is 347. The van der Waals surface area contributed by atoms with Crippen LogP contribution in [0.1, 0.15) is 16.7 Å².